The summed E-state index contributed by atoms with van der Waals surface area (Å²) in [6.45, 7) is 1.26. The van der Waals surface area contributed by atoms with Crippen LogP contribution in [0.3, 0.4) is 0 Å². The SMILES string of the molecule is CC(=CC#N)c1cc(C(F)(F)F)cc(C(F)(F)F)c1. The third kappa shape index (κ3) is 3.74. The van der Waals surface area contributed by atoms with Crippen molar-refractivity contribution in [3.05, 3.63) is 41.0 Å². The molecule has 0 aliphatic rings. The highest BCUT2D eigenvalue weighted by Crippen LogP contribution is 2.37. The van der Waals surface area contributed by atoms with Gasteiger partial charge in [-0.05, 0) is 36.3 Å². The molecular formula is C12H7F6N. The summed E-state index contributed by atoms with van der Waals surface area (Å²) in [4.78, 5) is 0. The topological polar surface area (TPSA) is 23.8 Å². The minimum Gasteiger partial charge on any atom is -0.193 e. The molecule has 1 aromatic rings. The minimum atomic E-state index is -4.89. The van der Waals surface area contributed by atoms with E-state index < -0.39 is 23.5 Å². The Hall–Kier alpha value is -1.97. The second-order valence-electron chi connectivity index (χ2n) is 3.75. The first-order valence-electron chi connectivity index (χ1n) is 4.92. The molecule has 0 saturated carbocycles. The highest BCUT2D eigenvalue weighted by Gasteiger charge is 2.36. The Balaban J connectivity index is 3.51. The van der Waals surface area contributed by atoms with Crippen molar-refractivity contribution in [2.24, 2.45) is 0 Å². The van der Waals surface area contributed by atoms with Crippen molar-refractivity contribution >= 4 is 5.57 Å². The molecule has 19 heavy (non-hydrogen) atoms. The second kappa shape index (κ2) is 4.96. The zero-order chi connectivity index (χ0) is 14.8. The Morgan fingerprint density at radius 1 is 1.00 bits per heavy atom. The third-order valence-corrected chi connectivity index (χ3v) is 2.32. The van der Waals surface area contributed by atoms with E-state index in [-0.39, 0.29) is 17.2 Å². The van der Waals surface area contributed by atoms with Crippen LogP contribution in [-0.4, -0.2) is 0 Å². The van der Waals surface area contributed by atoms with Crippen LogP contribution in [-0.2, 0) is 12.4 Å². The van der Waals surface area contributed by atoms with Gasteiger partial charge < -0.3 is 0 Å². The van der Waals surface area contributed by atoms with Crippen LogP contribution in [0.4, 0.5) is 26.3 Å². The van der Waals surface area contributed by atoms with E-state index in [0.29, 0.717) is 12.1 Å². The molecule has 0 atom stereocenters. The first-order chi connectivity index (χ1) is 8.55. The lowest BCUT2D eigenvalue weighted by atomic mass is 10.00. The van der Waals surface area contributed by atoms with Gasteiger partial charge in [-0.15, -0.1) is 0 Å². The van der Waals surface area contributed by atoms with E-state index in [9.17, 15) is 26.3 Å². The van der Waals surface area contributed by atoms with Crippen LogP contribution >= 0.6 is 0 Å². The predicted molar refractivity (Wildman–Crippen MR) is 55.7 cm³/mol. The van der Waals surface area contributed by atoms with Gasteiger partial charge in [0.15, 0.2) is 0 Å². The summed E-state index contributed by atoms with van der Waals surface area (Å²) in [6, 6.07) is 2.77. The summed E-state index contributed by atoms with van der Waals surface area (Å²) >= 11 is 0. The summed E-state index contributed by atoms with van der Waals surface area (Å²) in [7, 11) is 0. The maximum Gasteiger partial charge on any atom is 0.416 e. The second-order valence-corrected chi connectivity index (χ2v) is 3.75. The fourth-order valence-electron chi connectivity index (χ4n) is 1.36. The van der Waals surface area contributed by atoms with Crippen molar-refractivity contribution in [1.82, 2.24) is 0 Å². The van der Waals surface area contributed by atoms with Gasteiger partial charge in [0.25, 0.3) is 0 Å². The summed E-state index contributed by atoms with van der Waals surface area (Å²) in [5.41, 5.74) is -3.06. The zero-order valence-electron chi connectivity index (χ0n) is 9.52. The molecule has 0 radical (unpaired) electrons. The fourth-order valence-corrected chi connectivity index (χ4v) is 1.36. The smallest absolute Gasteiger partial charge is 0.193 e. The largest absolute Gasteiger partial charge is 0.416 e. The molecule has 0 aromatic heterocycles. The molecule has 7 heteroatoms. The maximum atomic E-state index is 12.5. The highest BCUT2D eigenvalue weighted by atomic mass is 19.4. The zero-order valence-corrected chi connectivity index (χ0v) is 9.52. The third-order valence-electron chi connectivity index (χ3n) is 2.32. The quantitative estimate of drug-likeness (QED) is 0.542. The first kappa shape index (κ1) is 15.1. The van der Waals surface area contributed by atoms with Crippen LogP contribution in [0.15, 0.2) is 24.3 Å². The van der Waals surface area contributed by atoms with Crippen molar-refractivity contribution in [1.29, 1.82) is 5.26 Å². The van der Waals surface area contributed by atoms with Crippen LogP contribution in [0, 0.1) is 11.3 Å². The van der Waals surface area contributed by atoms with Gasteiger partial charge in [0.2, 0.25) is 0 Å². The van der Waals surface area contributed by atoms with Gasteiger partial charge in [-0.25, -0.2) is 0 Å². The molecule has 1 rings (SSSR count). The molecular weight excluding hydrogens is 272 g/mol. The van der Waals surface area contributed by atoms with Crippen molar-refractivity contribution < 1.29 is 26.3 Å². The summed E-state index contributed by atoms with van der Waals surface area (Å²) < 4.78 is 75.2. The number of allylic oxidation sites excluding steroid dienone is 2. The minimum absolute atomic E-state index is 0.0269. The van der Waals surface area contributed by atoms with Crippen LogP contribution in [0.5, 0.6) is 0 Å². The standard InChI is InChI=1S/C12H7F6N/c1-7(2-3-19)8-4-9(11(13,14)15)6-10(5-8)12(16,17)18/h2,4-6H,1H3. The molecule has 0 fully saturated rings. The highest BCUT2D eigenvalue weighted by molar-refractivity contribution is 5.67. The van der Waals surface area contributed by atoms with E-state index in [2.05, 4.69) is 0 Å². The van der Waals surface area contributed by atoms with Gasteiger partial charge in [0, 0.05) is 6.08 Å². The van der Waals surface area contributed by atoms with E-state index >= 15 is 0 Å². The maximum absolute atomic E-state index is 12.5. The number of nitriles is 1. The van der Waals surface area contributed by atoms with Crippen LogP contribution in [0.1, 0.15) is 23.6 Å². The summed E-state index contributed by atoms with van der Waals surface area (Å²) in [5, 5.41) is 8.39. The van der Waals surface area contributed by atoms with Crippen LogP contribution in [0.25, 0.3) is 5.57 Å². The van der Waals surface area contributed by atoms with E-state index in [0.717, 1.165) is 6.08 Å². The van der Waals surface area contributed by atoms with Gasteiger partial charge in [-0.2, -0.15) is 31.6 Å². The Kier molecular flexibility index (Phi) is 3.94. The van der Waals surface area contributed by atoms with Gasteiger partial charge in [0.1, 0.15) is 0 Å². The average molecular weight is 279 g/mol. The number of hydrogen-bond donors (Lipinski definition) is 0. The normalized spacial score (nSPS) is 13.3. The van der Waals surface area contributed by atoms with Crippen LogP contribution in [0.2, 0.25) is 0 Å². The molecule has 0 N–H and O–H groups in total. The van der Waals surface area contributed by atoms with E-state index in [4.69, 9.17) is 5.26 Å². The van der Waals surface area contributed by atoms with E-state index in [1.54, 1.807) is 6.07 Å². The Morgan fingerprint density at radius 2 is 1.42 bits per heavy atom. The average Bonchev–Trinajstić information content (AvgIpc) is 2.26. The fraction of sp³-hybridized carbons (Fsp3) is 0.250. The molecule has 0 saturated heterocycles. The van der Waals surface area contributed by atoms with Crippen molar-refractivity contribution in [2.75, 3.05) is 0 Å². The number of benzene rings is 1. The van der Waals surface area contributed by atoms with E-state index in [1.807, 2.05) is 0 Å². The number of halogens is 6. The van der Waals surface area contributed by atoms with Crippen molar-refractivity contribution in [3.63, 3.8) is 0 Å². The number of hydrogen-bond acceptors (Lipinski definition) is 1. The summed E-state index contributed by atoms with van der Waals surface area (Å²) in [5.74, 6) is 0. The Morgan fingerprint density at radius 3 is 1.74 bits per heavy atom. The number of alkyl halides is 6. The number of rotatable bonds is 1. The Bertz CT molecular complexity index is 513. The lowest BCUT2D eigenvalue weighted by molar-refractivity contribution is -0.143. The van der Waals surface area contributed by atoms with Crippen molar-refractivity contribution in [2.45, 2.75) is 19.3 Å². The summed E-state index contributed by atoms with van der Waals surface area (Å²) in [6.07, 6.45) is -8.89. The van der Waals surface area contributed by atoms with Gasteiger partial charge in [-0.1, -0.05) is 0 Å². The molecule has 0 aliphatic carbocycles. The molecule has 1 aromatic carbocycles. The van der Waals surface area contributed by atoms with Crippen molar-refractivity contribution in [3.8, 4) is 6.07 Å². The Labute approximate surface area is 104 Å². The van der Waals surface area contributed by atoms with Gasteiger partial charge in [0.05, 0.1) is 17.2 Å². The molecule has 102 valence electrons. The molecule has 0 spiro atoms. The van der Waals surface area contributed by atoms with Gasteiger partial charge in [-0.3, -0.25) is 0 Å². The molecule has 0 heterocycles. The first-order valence-corrected chi connectivity index (χ1v) is 4.92. The molecule has 0 amide bonds. The van der Waals surface area contributed by atoms with Crippen LogP contribution < -0.4 is 0 Å². The molecule has 1 nitrogen and oxygen atoms in total. The molecule has 0 aliphatic heterocycles. The predicted octanol–water partition coefficient (Wildman–Crippen LogP) is 4.65. The lowest BCUT2D eigenvalue weighted by Crippen LogP contribution is -2.11. The lowest BCUT2D eigenvalue weighted by Gasteiger charge is -2.14. The van der Waals surface area contributed by atoms with Gasteiger partial charge >= 0.3 is 12.4 Å². The number of nitrogens with zero attached hydrogens (tertiary/aromatic N) is 1. The molecule has 0 bridgehead atoms. The van der Waals surface area contributed by atoms with E-state index in [1.165, 1.54) is 6.92 Å². The monoisotopic (exact) mass is 279 g/mol. The molecule has 0 unspecified atom stereocenters.